The molecular weight excluding hydrogens is 414 g/mol. The summed E-state index contributed by atoms with van der Waals surface area (Å²) in [7, 11) is 0. The number of anilines is 1. The molecule has 3 aromatic carbocycles. The zero-order valence-electron chi connectivity index (χ0n) is 18.0. The number of hydrogen-bond acceptors (Lipinski definition) is 4. The van der Waals surface area contributed by atoms with Crippen molar-refractivity contribution in [3.63, 3.8) is 0 Å². The summed E-state index contributed by atoms with van der Waals surface area (Å²) in [5, 5.41) is 0. The van der Waals surface area contributed by atoms with Gasteiger partial charge in [0.05, 0.1) is 17.5 Å². The zero-order valence-corrected chi connectivity index (χ0v) is 18.0. The van der Waals surface area contributed by atoms with Gasteiger partial charge in [-0.2, -0.15) is 0 Å². The molecule has 5 nitrogen and oxygen atoms in total. The fraction of sp³-hybridized carbons (Fsp3) is 0.179. The standard InChI is InChI=1S/C28H23NO4/c30-26-23-13-7-8-14-24(23)27(31)29(26)21-15-17-22(18-16-21)33-28(32)25(19-9-3-1-4-10-19)20-11-5-2-6-12-20/h1-12,15-18,23-25H,13-14H2. The van der Waals surface area contributed by atoms with E-state index in [9.17, 15) is 14.4 Å². The fourth-order valence-electron chi connectivity index (χ4n) is 4.65. The van der Waals surface area contributed by atoms with E-state index in [-0.39, 0.29) is 23.7 Å². The maximum atomic E-state index is 13.2. The molecule has 2 aliphatic rings. The van der Waals surface area contributed by atoms with Crippen molar-refractivity contribution < 1.29 is 19.1 Å². The number of allylic oxidation sites excluding steroid dienone is 2. The van der Waals surface area contributed by atoms with Crippen LogP contribution in [-0.4, -0.2) is 17.8 Å². The lowest BCUT2D eigenvalue weighted by Gasteiger charge is -2.18. The molecule has 0 spiro atoms. The lowest BCUT2D eigenvalue weighted by Crippen LogP contribution is -2.30. The molecule has 1 aliphatic heterocycles. The number of hydrogen-bond donors (Lipinski definition) is 0. The molecule has 5 heteroatoms. The van der Waals surface area contributed by atoms with Crippen molar-refractivity contribution in [1.29, 1.82) is 0 Å². The minimum Gasteiger partial charge on any atom is -0.426 e. The van der Waals surface area contributed by atoms with Gasteiger partial charge in [-0.3, -0.25) is 19.3 Å². The summed E-state index contributed by atoms with van der Waals surface area (Å²) in [4.78, 5) is 40.1. The summed E-state index contributed by atoms with van der Waals surface area (Å²) in [6.45, 7) is 0. The highest BCUT2D eigenvalue weighted by Crippen LogP contribution is 2.38. The number of nitrogens with zero attached hydrogens (tertiary/aromatic N) is 1. The first-order valence-electron chi connectivity index (χ1n) is 11.1. The molecule has 0 N–H and O–H groups in total. The van der Waals surface area contributed by atoms with Crippen molar-refractivity contribution in [3.05, 3.63) is 108 Å². The van der Waals surface area contributed by atoms with Crippen molar-refractivity contribution in [2.24, 2.45) is 11.8 Å². The van der Waals surface area contributed by atoms with Gasteiger partial charge in [0.1, 0.15) is 11.7 Å². The molecule has 3 aromatic rings. The van der Waals surface area contributed by atoms with Crippen molar-refractivity contribution in [2.75, 3.05) is 4.90 Å². The van der Waals surface area contributed by atoms with Gasteiger partial charge in [-0.05, 0) is 48.2 Å². The molecule has 5 rings (SSSR count). The summed E-state index contributed by atoms with van der Waals surface area (Å²) in [6.07, 6.45) is 5.13. The Kier molecular flexibility index (Phi) is 5.61. The number of carbonyl (C=O) groups is 3. The van der Waals surface area contributed by atoms with Gasteiger partial charge in [0, 0.05) is 0 Å². The van der Waals surface area contributed by atoms with Crippen LogP contribution in [0.4, 0.5) is 5.69 Å². The molecule has 164 valence electrons. The van der Waals surface area contributed by atoms with E-state index in [2.05, 4.69) is 0 Å². The van der Waals surface area contributed by atoms with E-state index >= 15 is 0 Å². The Morgan fingerprint density at radius 3 is 1.70 bits per heavy atom. The van der Waals surface area contributed by atoms with E-state index < -0.39 is 11.9 Å². The van der Waals surface area contributed by atoms with Crippen LogP contribution in [0.3, 0.4) is 0 Å². The van der Waals surface area contributed by atoms with E-state index in [4.69, 9.17) is 4.74 Å². The Balaban J connectivity index is 1.36. The van der Waals surface area contributed by atoms with E-state index in [0.717, 1.165) is 11.1 Å². The molecule has 2 unspecified atom stereocenters. The zero-order chi connectivity index (χ0) is 22.8. The van der Waals surface area contributed by atoms with Crippen LogP contribution in [0.15, 0.2) is 97.1 Å². The van der Waals surface area contributed by atoms with Crippen LogP contribution >= 0.6 is 0 Å². The van der Waals surface area contributed by atoms with E-state index in [1.54, 1.807) is 24.3 Å². The molecule has 0 aromatic heterocycles. The maximum absolute atomic E-state index is 13.2. The molecular formula is C28H23NO4. The summed E-state index contributed by atoms with van der Waals surface area (Å²) < 4.78 is 5.71. The van der Waals surface area contributed by atoms with E-state index in [0.29, 0.717) is 24.3 Å². The second-order valence-electron chi connectivity index (χ2n) is 8.34. The Labute approximate surface area is 192 Å². The number of esters is 1. The summed E-state index contributed by atoms with van der Waals surface area (Å²) in [6, 6.07) is 25.6. The number of ether oxygens (including phenoxy) is 1. The molecule has 2 amide bonds. The predicted octanol–water partition coefficient (Wildman–Crippen LogP) is 4.88. The van der Waals surface area contributed by atoms with Gasteiger partial charge in [0.15, 0.2) is 0 Å². The highest BCUT2D eigenvalue weighted by atomic mass is 16.5. The predicted molar refractivity (Wildman–Crippen MR) is 125 cm³/mol. The first-order chi connectivity index (χ1) is 16.1. The van der Waals surface area contributed by atoms with Gasteiger partial charge in [0.25, 0.3) is 0 Å². The Morgan fingerprint density at radius 2 is 1.21 bits per heavy atom. The molecule has 1 fully saturated rings. The third-order valence-electron chi connectivity index (χ3n) is 6.32. The fourth-order valence-corrected chi connectivity index (χ4v) is 4.65. The number of rotatable bonds is 5. The van der Waals surface area contributed by atoms with Crippen molar-refractivity contribution >= 4 is 23.5 Å². The molecule has 0 bridgehead atoms. The van der Waals surface area contributed by atoms with Gasteiger partial charge in [-0.1, -0.05) is 72.8 Å². The quantitative estimate of drug-likeness (QED) is 0.247. The molecule has 1 heterocycles. The Morgan fingerprint density at radius 1 is 0.727 bits per heavy atom. The van der Waals surface area contributed by atoms with Crippen LogP contribution < -0.4 is 9.64 Å². The largest absolute Gasteiger partial charge is 0.426 e. The highest BCUT2D eigenvalue weighted by Gasteiger charge is 2.47. The van der Waals surface area contributed by atoms with Crippen molar-refractivity contribution in [2.45, 2.75) is 18.8 Å². The molecule has 1 saturated heterocycles. The Hall–Kier alpha value is -3.99. The first-order valence-corrected chi connectivity index (χ1v) is 11.1. The van der Waals surface area contributed by atoms with Gasteiger partial charge in [-0.25, -0.2) is 0 Å². The van der Waals surface area contributed by atoms with Crippen LogP contribution in [0.1, 0.15) is 29.9 Å². The third-order valence-corrected chi connectivity index (χ3v) is 6.32. The van der Waals surface area contributed by atoms with Crippen LogP contribution in [0.5, 0.6) is 5.75 Å². The van der Waals surface area contributed by atoms with Gasteiger partial charge in [-0.15, -0.1) is 0 Å². The lowest BCUT2D eigenvalue weighted by atomic mass is 9.85. The van der Waals surface area contributed by atoms with Crippen molar-refractivity contribution in [3.8, 4) is 5.75 Å². The topological polar surface area (TPSA) is 63.7 Å². The third kappa shape index (κ3) is 3.98. The van der Waals surface area contributed by atoms with E-state index in [1.165, 1.54) is 4.90 Å². The lowest BCUT2D eigenvalue weighted by molar-refractivity contribution is -0.135. The second-order valence-corrected chi connectivity index (χ2v) is 8.34. The second kappa shape index (κ2) is 8.87. The monoisotopic (exact) mass is 437 g/mol. The molecule has 0 saturated carbocycles. The average Bonchev–Trinajstić information content (AvgIpc) is 3.11. The minimum absolute atomic E-state index is 0.160. The average molecular weight is 437 g/mol. The summed E-state index contributed by atoms with van der Waals surface area (Å²) >= 11 is 0. The normalized spacial score (nSPS) is 19.6. The van der Waals surface area contributed by atoms with Crippen LogP contribution in [-0.2, 0) is 14.4 Å². The Bertz CT molecular complexity index is 1140. The molecule has 1 aliphatic carbocycles. The first kappa shape index (κ1) is 20.9. The van der Waals surface area contributed by atoms with Crippen LogP contribution in [0.2, 0.25) is 0 Å². The minimum atomic E-state index is -0.565. The van der Waals surface area contributed by atoms with Gasteiger partial charge in [0.2, 0.25) is 11.8 Å². The number of imide groups is 1. The van der Waals surface area contributed by atoms with Gasteiger partial charge < -0.3 is 4.74 Å². The summed E-state index contributed by atoms with van der Waals surface area (Å²) in [5.41, 5.74) is 2.19. The number of carbonyl (C=O) groups excluding carboxylic acids is 3. The molecule has 0 radical (unpaired) electrons. The number of fused-ring (bicyclic) bond motifs is 1. The SMILES string of the molecule is O=C(Oc1ccc(N2C(=O)C3CC=CCC3C2=O)cc1)C(c1ccccc1)c1ccccc1. The highest BCUT2D eigenvalue weighted by molar-refractivity contribution is 6.22. The van der Waals surface area contributed by atoms with Crippen LogP contribution in [0.25, 0.3) is 0 Å². The number of amides is 2. The molecule has 33 heavy (non-hydrogen) atoms. The molecule has 2 atom stereocenters. The summed E-state index contributed by atoms with van der Waals surface area (Å²) in [5.74, 6) is -1.48. The number of benzene rings is 3. The maximum Gasteiger partial charge on any atom is 0.323 e. The van der Waals surface area contributed by atoms with Gasteiger partial charge >= 0.3 is 5.97 Å². The van der Waals surface area contributed by atoms with E-state index in [1.807, 2.05) is 72.8 Å². The van der Waals surface area contributed by atoms with Crippen LogP contribution in [0, 0.1) is 11.8 Å². The van der Waals surface area contributed by atoms with Crippen molar-refractivity contribution in [1.82, 2.24) is 0 Å². The smallest absolute Gasteiger partial charge is 0.323 e.